The van der Waals surface area contributed by atoms with Gasteiger partial charge in [-0.2, -0.15) is 0 Å². The molecule has 1 aromatic heterocycles. The fraction of sp³-hybridized carbons (Fsp3) is 0.524. The van der Waals surface area contributed by atoms with Crippen LogP contribution >= 0.6 is 0 Å². The third kappa shape index (κ3) is 3.98. The van der Waals surface area contributed by atoms with Crippen LogP contribution in [0.4, 0.5) is 0 Å². The average molecular weight is 356 g/mol. The lowest BCUT2D eigenvalue weighted by molar-refractivity contribution is 0.0947. The molecule has 1 heterocycles. The molecule has 1 amide bonds. The van der Waals surface area contributed by atoms with E-state index in [-0.39, 0.29) is 24.1 Å². The molecule has 1 fully saturated rings. The Kier molecular flexibility index (Phi) is 6.09. The number of aromatic nitrogens is 1. The number of carbonyl (C=O) groups is 1. The molecule has 1 atom stereocenters. The molecule has 1 aromatic carbocycles. The lowest BCUT2D eigenvalue weighted by atomic mass is 10.00. The molecule has 3 rings (SSSR count). The Labute approximate surface area is 154 Å². The quantitative estimate of drug-likeness (QED) is 0.808. The minimum absolute atomic E-state index is 0.104. The molecule has 0 radical (unpaired) electrons. The summed E-state index contributed by atoms with van der Waals surface area (Å²) in [5.74, 6) is 0.436. The molecule has 2 aromatic rings. The van der Waals surface area contributed by atoms with E-state index in [0.29, 0.717) is 28.8 Å². The number of hydrogen-bond acceptors (Lipinski definition) is 3. The van der Waals surface area contributed by atoms with Crippen molar-refractivity contribution in [2.45, 2.75) is 51.5 Å². The van der Waals surface area contributed by atoms with Crippen LogP contribution in [0.2, 0.25) is 0 Å². The second kappa shape index (κ2) is 8.49. The second-order valence-electron chi connectivity index (χ2n) is 7.39. The number of rotatable bonds is 5. The van der Waals surface area contributed by atoms with Gasteiger partial charge in [-0.3, -0.25) is 9.59 Å². The molecule has 0 spiro atoms. The molecule has 0 saturated heterocycles. The van der Waals surface area contributed by atoms with Gasteiger partial charge in [0.05, 0.1) is 12.6 Å². The lowest BCUT2D eigenvalue weighted by Gasteiger charge is -2.16. The maximum Gasteiger partial charge on any atom is 0.258 e. The molecular weight excluding hydrogens is 328 g/mol. The zero-order chi connectivity index (χ0) is 18.5. The molecule has 1 aliphatic carbocycles. The number of pyridine rings is 1. The molecule has 0 aliphatic heterocycles. The number of fused-ring (bicyclic) bond motifs is 1. The van der Waals surface area contributed by atoms with E-state index >= 15 is 0 Å². The van der Waals surface area contributed by atoms with Gasteiger partial charge < -0.3 is 15.0 Å². The largest absolute Gasteiger partial charge is 0.394 e. The number of hydrogen-bond donors (Lipinski definition) is 2. The first-order chi connectivity index (χ1) is 12.6. The molecule has 0 bridgehead atoms. The second-order valence-corrected chi connectivity index (χ2v) is 7.39. The monoisotopic (exact) mass is 356 g/mol. The summed E-state index contributed by atoms with van der Waals surface area (Å²) in [6.45, 7) is 2.39. The average Bonchev–Trinajstić information content (AvgIpc) is 2.94. The van der Waals surface area contributed by atoms with E-state index in [9.17, 15) is 14.7 Å². The zero-order valence-corrected chi connectivity index (χ0v) is 15.4. The molecule has 1 unspecified atom stereocenters. The van der Waals surface area contributed by atoms with Gasteiger partial charge >= 0.3 is 0 Å². The zero-order valence-electron chi connectivity index (χ0n) is 15.4. The lowest BCUT2D eigenvalue weighted by Crippen LogP contribution is -2.30. The van der Waals surface area contributed by atoms with Crippen molar-refractivity contribution in [1.82, 2.24) is 9.88 Å². The first kappa shape index (κ1) is 18.6. The summed E-state index contributed by atoms with van der Waals surface area (Å²) < 4.78 is 1.51. The van der Waals surface area contributed by atoms with Gasteiger partial charge in [-0.15, -0.1) is 0 Å². The number of amides is 1. The Morgan fingerprint density at radius 3 is 2.62 bits per heavy atom. The molecule has 1 aliphatic rings. The predicted octanol–water partition coefficient (Wildman–Crippen LogP) is 3.26. The maximum atomic E-state index is 12.7. The third-order valence-electron chi connectivity index (χ3n) is 5.48. The number of carbonyl (C=O) groups excluding carboxylic acids is 1. The SMILES string of the molecule is CC(CO)n1ccc2c(C(=O)NCC3CCCCCC3)cccc2c1=O. The van der Waals surface area contributed by atoms with Crippen molar-refractivity contribution in [3.63, 3.8) is 0 Å². The van der Waals surface area contributed by atoms with Gasteiger partial charge in [-0.05, 0) is 43.9 Å². The highest BCUT2D eigenvalue weighted by Crippen LogP contribution is 2.22. The van der Waals surface area contributed by atoms with Crippen molar-refractivity contribution in [3.05, 3.63) is 46.4 Å². The number of aliphatic hydroxyl groups is 1. The molecule has 140 valence electrons. The smallest absolute Gasteiger partial charge is 0.258 e. The van der Waals surface area contributed by atoms with Gasteiger partial charge in [-0.25, -0.2) is 0 Å². The Balaban J connectivity index is 1.82. The normalized spacial score (nSPS) is 17.0. The Bertz CT molecular complexity index is 820. The van der Waals surface area contributed by atoms with E-state index in [1.165, 1.54) is 43.1 Å². The fourth-order valence-electron chi connectivity index (χ4n) is 3.83. The minimum atomic E-state index is -0.292. The van der Waals surface area contributed by atoms with Crippen molar-refractivity contribution in [1.29, 1.82) is 0 Å². The minimum Gasteiger partial charge on any atom is -0.394 e. The molecule has 2 N–H and O–H groups in total. The van der Waals surface area contributed by atoms with Crippen LogP contribution in [0.25, 0.3) is 10.8 Å². The van der Waals surface area contributed by atoms with Crippen LogP contribution in [0.5, 0.6) is 0 Å². The molecular formula is C21H28N2O3. The van der Waals surface area contributed by atoms with Crippen molar-refractivity contribution in [2.24, 2.45) is 5.92 Å². The third-order valence-corrected chi connectivity index (χ3v) is 5.48. The van der Waals surface area contributed by atoms with E-state index in [1.54, 1.807) is 37.4 Å². The Morgan fingerprint density at radius 1 is 1.19 bits per heavy atom. The van der Waals surface area contributed by atoms with Crippen LogP contribution in [-0.4, -0.2) is 28.7 Å². The Morgan fingerprint density at radius 2 is 1.92 bits per heavy atom. The molecule has 1 saturated carbocycles. The fourth-order valence-corrected chi connectivity index (χ4v) is 3.83. The van der Waals surface area contributed by atoms with Crippen LogP contribution < -0.4 is 10.9 Å². The van der Waals surface area contributed by atoms with Gasteiger partial charge in [0.2, 0.25) is 0 Å². The first-order valence-corrected chi connectivity index (χ1v) is 9.64. The van der Waals surface area contributed by atoms with Gasteiger partial charge in [0.1, 0.15) is 0 Å². The van der Waals surface area contributed by atoms with E-state index in [0.717, 1.165) is 0 Å². The number of aliphatic hydroxyl groups excluding tert-OH is 1. The van der Waals surface area contributed by atoms with Crippen molar-refractivity contribution >= 4 is 16.7 Å². The molecule has 26 heavy (non-hydrogen) atoms. The van der Waals surface area contributed by atoms with Crippen LogP contribution in [-0.2, 0) is 0 Å². The summed E-state index contributed by atoms with van der Waals surface area (Å²) in [7, 11) is 0. The summed E-state index contributed by atoms with van der Waals surface area (Å²) in [4.78, 5) is 25.4. The van der Waals surface area contributed by atoms with E-state index in [4.69, 9.17) is 0 Å². The van der Waals surface area contributed by atoms with Crippen molar-refractivity contribution in [3.8, 4) is 0 Å². The van der Waals surface area contributed by atoms with Crippen LogP contribution in [0.15, 0.2) is 35.3 Å². The first-order valence-electron chi connectivity index (χ1n) is 9.64. The number of nitrogens with one attached hydrogen (secondary N) is 1. The highest BCUT2D eigenvalue weighted by Gasteiger charge is 2.17. The van der Waals surface area contributed by atoms with Gasteiger partial charge in [0, 0.05) is 29.1 Å². The number of nitrogens with zero attached hydrogens (tertiary/aromatic N) is 1. The summed E-state index contributed by atoms with van der Waals surface area (Å²) in [6, 6.07) is 6.76. The maximum absolute atomic E-state index is 12.7. The summed E-state index contributed by atoms with van der Waals surface area (Å²) >= 11 is 0. The molecule has 5 nitrogen and oxygen atoms in total. The highest BCUT2D eigenvalue weighted by molar-refractivity contribution is 6.06. The highest BCUT2D eigenvalue weighted by atomic mass is 16.3. The summed E-state index contributed by atoms with van der Waals surface area (Å²) in [5.41, 5.74) is 0.361. The van der Waals surface area contributed by atoms with Crippen LogP contribution in [0.3, 0.4) is 0 Å². The topological polar surface area (TPSA) is 71.3 Å². The van der Waals surface area contributed by atoms with Crippen LogP contribution in [0, 0.1) is 5.92 Å². The van der Waals surface area contributed by atoms with Gasteiger partial charge in [0.15, 0.2) is 0 Å². The van der Waals surface area contributed by atoms with E-state index in [2.05, 4.69) is 5.32 Å². The van der Waals surface area contributed by atoms with E-state index < -0.39 is 0 Å². The van der Waals surface area contributed by atoms with Crippen molar-refractivity contribution in [2.75, 3.05) is 13.2 Å². The predicted molar refractivity (Wildman–Crippen MR) is 104 cm³/mol. The summed E-state index contributed by atoms with van der Waals surface area (Å²) in [6.07, 6.45) is 9.11. The number of benzene rings is 1. The van der Waals surface area contributed by atoms with Gasteiger partial charge in [-0.1, -0.05) is 31.7 Å². The Hall–Kier alpha value is -2.14. The standard InChI is InChI=1S/C21H28N2O3/c1-15(14-24)23-12-11-17-18(9-6-10-19(17)21(23)26)20(25)22-13-16-7-4-2-3-5-8-16/h6,9-12,15-16,24H,2-5,7-8,13-14H2,1H3,(H,22,25). The molecule has 5 heteroatoms. The summed E-state index contributed by atoms with van der Waals surface area (Å²) in [5, 5.41) is 13.6. The van der Waals surface area contributed by atoms with Crippen molar-refractivity contribution < 1.29 is 9.90 Å². The van der Waals surface area contributed by atoms with Crippen LogP contribution in [0.1, 0.15) is 61.8 Å². The van der Waals surface area contributed by atoms with E-state index in [1.807, 2.05) is 0 Å². The van der Waals surface area contributed by atoms with Gasteiger partial charge in [0.25, 0.3) is 11.5 Å².